The molecule has 0 spiro atoms. The minimum absolute atomic E-state index is 0.00498. The van der Waals surface area contributed by atoms with E-state index in [4.69, 9.17) is 0 Å². The van der Waals surface area contributed by atoms with E-state index >= 15 is 0 Å². The summed E-state index contributed by atoms with van der Waals surface area (Å²) in [5.41, 5.74) is 2.94. The fourth-order valence-corrected chi connectivity index (χ4v) is 4.37. The van der Waals surface area contributed by atoms with Gasteiger partial charge in [-0.15, -0.1) is 0 Å². The molecule has 8 heteroatoms. The summed E-state index contributed by atoms with van der Waals surface area (Å²) in [5, 5.41) is 12.8. The highest BCUT2D eigenvalue weighted by Crippen LogP contribution is 2.21. The third-order valence-electron chi connectivity index (χ3n) is 6.07. The molecule has 0 aliphatic carbocycles. The van der Waals surface area contributed by atoms with Crippen LogP contribution in [-0.4, -0.2) is 77.0 Å². The maximum atomic E-state index is 13.1. The molecule has 1 amide bonds. The topological polar surface area (TPSA) is 64.3 Å². The Bertz CT molecular complexity index is 916. The van der Waals surface area contributed by atoms with Crippen LogP contribution < -0.4 is 4.90 Å². The Kier molecular flexibility index (Phi) is 6.03. The SMILES string of the molecule is Cn1ccc2c1C(=NO)CCN(CCCN1CCN(c3ccc(F)cc3)CC1)C2=O. The van der Waals surface area contributed by atoms with E-state index in [1.54, 1.807) is 6.07 Å². The first-order valence-electron chi connectivity index (χ1n) is 10.5. The van der Waals surface area contributed by atoms with Gasteiger partial charge in [-0.25, -0.2) is 4.39 Å². The fourth-order valence-electron chi connectivity index (χ4n) is 4.37. The first kappa shape index (κ1) is 20.4. The van der Waals surface area contributed by atoms with Crippen molar-refractivity contribution in [1.29, 1.82) is 0 Å². The molecule has 0 saturated carbocycles. The number of aryl methyl sites for hydroxylation is 1. The van der Waals surface area contributed by atoms with Gasteiger partial charge in [0.1, 0.15) is 11.5 Å². The van der Waals surface area contributed by atoms with Crippen LogP contribution in [0.1, 0.15) is 28.9 Å². The van der Waals surface area contributed by atoms with Crippen molar-refractivity contribution in [2.24, 2.45) is 12.2 Å². The molecule has 0 bridgehead atoms. The summed E-state index contributed by atoms with van der Waals surface area (Å²) in [6, 6.07) is 8.47. The molecule has 160 valence electrons. The number of anilines is 1. The van der Waals surface area contributed by atoms with Gasteiger partial charge in [0.05, 0.1) is 11.3 Å². The smallest absolute Gasteiger partial charge is 0.256 e. The predicted molar refractivity (Wildman–Crippen MR) is 114 cm³/mol. The highest BCUT2D eigenvalue weighted by Gasteiger charge is 2.28. The van der Waals surface area contributed by atoms with Gasteiger partial charge in [-0.1, -0.05) is 5.16 Å². The maximum absolute atomic E-state index is 13.1. The van der Waals surface area contributed by atoms with E-state index < -0.39 is 0 Å². The van der Waals surface area contributed by atoms with Crippen molar-refractivity contribution in [1.82, 2.24) is 14.4 Å². The predicted octanol–water partition coefficient (Wildman–Crippen LogP) is 2.40. The summed E-state index contributed by atoms with van der Waals surface area (Å²) in [6.45, 7) is 5.92. The number of benzene rings is 1. The lowest BCUT2D eigenvalue weighted by Gasteiger charge is -2.36. The average molecular weight is 413 g/mol. The maximum Gasteiger partial charge on any atom is 0.256 e. The Labute approximate surface area is 176 Å². The summed E-state index contributed by atoms with van der Waals surface area (Å²) >= 11 is 0. The Morgan fingerprint density at radius 3 is 2.47 bits per heavy atom. The number of hydrogen-bond donors (Lipinski definition) is 1. The fraction of sp³-hybridized carbons (Fsp3) is 0.455. The van der Waals surface area contributed by atoms with E-state index in [0.717, 1.165) is 44.8 Å². The molecule has 1 saturated heterocycles. The minimum atomic E-state index is -0.208. The number of rotatable bonds is 5. The van der Waals surface area contributed by atoms with Crippen LogP contribution in [0.5, 0.6) is 0 Å². The molecular weight excluding hydrogens is 385 g/mol. The highest BCUT2D eigenvalue weighted by molar-refractivity contribution is 6.10. The van der Waals surface area contributed by atoms with Crippen molar-refractivity contribution in [3.63, 3.8) is 0 Å². The first-order chi connectivity index (χ1) is 14.6. The summed E-state index contributed by atoms with van der Waals surface area (Å²) in [7, 11) is 1.86. The van der Waals surface area contributed by atoms with E-state index in [1.165, 1.54) is 12.1 Å². The van der Waals surface area contributed by atoms with Gasteiger partial charge in [0.25, 0.3) is 5.91 Å². The third kappa shape index (κ3) is 4.18. The van der Waals surface area contributed by atoms with Crippen LogP contribution in [0.15, 0.2) is 41.7 Å². The lowest BCUT2D eigenvalue weighted by molar-refractivity contribution is 0.0755. The Morgan fingerprint density at radius 1 is 1.03 bits per heavy atom. The largest absolute Gasteiger partial charge is 0.411 e. The molecule has 1 aromatic carbocycles. The van der Waals surface area contributed by atoms with Gasteiger partial charge in [-0.3, -0.25) is 9.69 Å². The van der Waals surface area contributed by atoms with Crippen molar-refractivity contribution in [3.8, 4) is 0 Å². The van der Waals surface area contributed by atoms with Crippen molar-refractivity contribution in [3.05, 3.63) is 53.6 Å². The van der Waals surface area contributed by atoms with Gasteiger partial charge in [0.2, 0.25) is 0 Å². The number of amides is 1. The highest BCUT2D eigenvalue weighted by atomic mass is 19.1. The molecule has 0 atom stereocenters. The van der Waals surface area contributed by atoms with Crippen LogP contribution in [0.25, 0.3) is 0 Å². The second-order valence-corrected chi connectivity index (χ2v) is 7.94. The van der Waals surface area contributed by atoms with Gasteiger partial charge in [0.15, 0.2) is 0 Å². The zero-order chi connectivity index (χ0) is 21.1. The summed E-state index contributed by atoms with van der Waals surface area (Å²) < 4.78 is 15.0. The molecule has 1 aromatic heterocycles. The zero-order valence-corrected chi connectivity index (χ0v) is 17.3. The number of nitrogens with zero attached hydrogens (tertiary/aromatic N) is 5. The summed E-state index contributed by atoms with van der Waals surface area (Å²) in [5.74, 6) is -0.203. The number of piperazine rings is 1. The van der Waals surface area contributed by atoms with E-state index in [2.05, 4.69) is 15.0 Å². The van der Waals surface area contributed by atoms with E-state index in [9.17, 15) is 14.4 Å². The van der Waals surface area contributed by atoms with Crippen LogP contribution >= 0.6 is 0 Å². The Hall–Kier alpha value is -2.87. The van der Waals surface area contributed by atoms with Crippen LogP contribution in [0.3, 0.4) is 0 Å². The molecule has 0 unspecified atom stereocenters. The Morgan fingerprint density at radius 2 is 1.77 bits per heavy atom. The molecule has 2 aliphatic rings. The third-order valence-corrected chi connectivity index (χ3v) is 6.07. The van der Waals surface area contributed by atoms with Crippen molar-refractivity contribution < 1.29 is 14.4 Å². The molecule has 2 aromatic rings. The molecular formula is C22H28FN5O2. The molecule has 3 heterocycles. The van der Waals surface area contributed by atoms with Gasteiger partial charge < -0.3 is 19.6 Å². The van der Waals surface area contributed by atoms with Crippen LogP contribution in [0.2, 0.25) is 0 Å². The number of aromatic nitrogens is 1. The summed E-state index contributed by atoms with van der Waals surface area (Å²) in [6.07, 6.45) is 3.28. The number of carbonyl (C=O) groups excluding carboxylic acids is 1. The first-order valence-corrected chi connectivity index (χ1v) is 10.5. The average Bonchev–Trinajstić information content (AvgIpc) is 3.08. The minimum Gasteiger partial charge on any atom is -0.411 e. The normalized spacial score (nSPS) is 19.3. The van der Waals surface area contributed by atoms with Gasteiger partial charge in [-0.2, -0.15) is 0 Å². The number of oxime groups is 1. The standard InChI is InChI=1S/C22H28FN5O2/c1-25-11-7-19-21(25)20(24-30)8-12-28(22(19)29)10-2-9-26-13-15-27(16-14-26)18-5-3-17(23)4-6-18/h3-7,11,30H,2,8-10,12-16H2,1H3. The van der Waals surface area contributed by atoms with Gasteiger partial charge in [0, 0.05) is 64.6 Å². The van der Waals surface area contributed by atoms with Crippen LogP contribution in [0.4, 0.5) is 10.1 Å². The monoisotopic (exact) mass is 413 g/mol. The molecule has 0 radical (unpaired) electrons. The van der Waals surface area contributed by atoms with E-state index in [1.807, 2.05) is 34.8 Å². The second kappa shape index (κ2) is 8.87. The lowest BCUT2D eigenvalue weighted by atomic mass is 10.1. The van der Waals surface area contributed by atoms with E-state index in [-0.39, 0.29) is 11.7 Å². The molecule has 7 nitrogen and oxygen atoms in total. The van der Waals surface area contributed by atoms with Crippen molar-refractivity contribution in [2.45, 2.75) is 12.8 Å². The molecule has 2 aliphatic heterocycles. The zero-order valence-electron chi connectivity index (χ0n) is 17.3. The molecule has 4 rings (SSSR count). The second-order valence-electron chi connectivity index (χ2n) is 7.94. The molecule has 30 heavy (non-hydrogen) atoms. The van der Waals surface area contributed by atoms with Gasteiger partial charge >= 0.3 is 0 Å². The number of halogens is 1. The van der Waals surface area contributed by atoms with Crippen LogP contribution in [-0.2, 0) is 7.05 Å². The Balaban J connectivity index is 1.28. The molecule has 1 N–H and O–H groups in total. The van der Waals surface area contributed by atoms with E-state index in [0.29, 0.717) is 36.5 Å². The van der Waals surface area contributed by atoms with Crippen molar-refractivity contribution >= 4 is 17.3 Å². The number of hydrogen-bond acceptors (Lipinski definition) is 5. The van der Waals surface area contributed by atoms with Gasteiger partial charge in [-0.05, 0) is 43.3 Å². The number of carbonyl (C=O) groups is 1. The summed E-state index contributed by atoms with van der Waals surface area (Å²) in [4.78, 5) is 19.5. The lowest BCUT2D eigenvalue weighted by Crippen LogP contribution is -2.47. The van der Waals surface area contributed by atoms with Crippen molar-refractivity contribution in [2.75, 3.05) is 50.7 Å². The molecule has 1 fully saturated rings. The quantitative estimate of drug-likeness (QED) is 0.604. The van der Waals surface area contributed by atoms with Crippen LogP contribution in [0, 0.1) is 5.82 Å². The number of fused-ring (bicyclic) bond motifs is 1.